The standard InChI is InChI=1S/C29H34ClN3O5S/c1-5-21(2)31-29(35)22(3)32(19-23-11-17-26(38-4)18-12-23)28(34)20-33(25-15-13-24(30)14-16-25)39(36,37)27-9-7-6-8-10-27/h6-18,21-22H,5,19-20H2,1-4H3,(H,31,35)/t21-,22-/m1/s1. The van der Waals surface area contributed by atoms with Crippen molar-refractivity contribution in [1.29, 1.82) is 0 Å². The number of sulfonamides is 1. The second-order valence-corrected chi connectivity index (χ2v) is 11.5. The first-order chi connectivity index (χ1) is 18.6. The van der Waals surface area contributed by atoms with E-state index in [9.17, 15) is 18.0 Å². The highest BCUT2D eigenvalue weighted by atomic mass is 35.5. The van der Waals surface area contributed by atoms with E-state index in [0.29, 0.717) is 10.8 Å². The fourth-order valence-corrected chi connectivity index (χ4v) is 5.39. The molecule has 1 N–H and O–H groups in total. The lowest BCUT2D eigenvalue weighted by Gasteiger charge is -2.32. The molecule has 0 heterocycles. The quantitative estimate of drug-likeness (QED) is 0.334. The van der Waals surface area contributed by atoms with Gasteiger partial charge in [-0.05, 0) is 74.4 Å². The summed E-state index contributed by atoms with van der Waals surface area (Å²) in [5, 5.41) is 3.35. The fourth-order valence-electron chi connectivity index (χ4n) is 3.83. The summed E-state index contributed by atoms with van der Waals surface area (Å²) in [7, 11) is -2.56. The minimum absolute atomic E-state index is 0.0389. The highest BCUT2D eigenvalue weighted by Gasteiger charge is 2.32. The number of anilines is 1. The number of hydrogen-bond acceptors (Lipinski definition) is 5. The molecule has 8 nitrogen and oxygen atoms in total. The van der Waals surface area contributed by atoms with Gasteiger partial charge in [0.25, 0.3) is 10.0 Å². The van der Waals surface area contributed by atoms with Gasteiger partial charge in [0.15, 0.2) is 0 Å². The van der Waals surface area contributed by atoms with Crippen LogP contribution < -0.4 is 14.4 Å². The van der Waals surface area contributed by atoms with Crippen LogP contribution in [0.25, 0.3) is 0 Å². The highest BCUT2D eigenvalue weighted by Crippen LogP contribution is 2.26. The molecular formula is C29H34ClN3O5S. The van der Waals surface area contributed by atoms with E-state index < -0.39 is 28.5 Å². The van der Waals surface area contributed by atoms with Crippen molar-refractivity contribution in [3.8, 4) is 5.75 Å². The van der Waals surface area contributed by atoms with Crippen molar-refractivity contribution in [2.45, 2.75) is 50.7 Å². The number of benzene rings is 3. The molecule has 0 saturated heterocycles. The molecule has 2 amide bonds. The van der Waals surface area contributed by atoms with Crippen molar-refractivity contribution >= 4 is 39.1 Å². The molecule has 3 aromatic rings. The molecule has 208 valence electrons. The molecule has 0 unspecified atom stereocenters. The molecule has 0 spiro atoms. The number of hydrogen-bond donors (Lipinski definition) is 1. The lowest BCUT2D eigenvalue weighted by molar-refractivity contribution is -0.139. The SMILES string of the molecule is CC[C@@H](C)NC(=O)[C@@H](C)N(Cc1ccc(OC)cc1)C(=O)CN(c1ccc(Cl)cc1)S(=O)(=O)c1ccccc1. The minimum Gasteiger partial charge on any atom is -0.497 e. The zero-order valence-corrected chi connectivity index (χ0v) is 24.1. The maximum Gasteiger partial charge on any atom is 0.264 e. The predicted octanol–water partition coefficient (Wildman–Crippen LogP) is 4.88. The van der Waals surface area contributed by atoms with Crippen LogP contribution in [0.4, 0.5) is 5.69 Å². The van der Waals surface area contributed by atoms with Crippen molar-refractivity contribution in [1.82, 2.24) is 10.2 Å². The Hall–Kier alpha value is -3.56. The molecule has 0 bridgehead atoms. The zero-order valence-electron chi connectivity index (χ0n) is 22.5. The molecule has 3 rings (SSSR count). The van der Waals surface area contributed by atoms with Crippen molar-refractivity contribution in [2.24, 2.45) is 0 Å². The molecule has 0 saturated carbocycles. The average molecular weight is 572 g/mol. The largest absolute Gasteiger partial charge is 0.497 e. The number of carbonyl (C=O) groups is 2. The summed E-state index contributed by atoms with van der Waals surface area (Å²) in [6, 6.07) is 20.3. The number of rotatable bonds is 12. The fraction of sp³-hybridized carbons (Fsp3) is 0.310. The average Bonchev–Trinajstić information content (AvgIpc) is 2.95. The van der Waals surface area contributed by atoms with Crippen LogP contribution in [0.2, 0.25) is 5.02 Å². The lowest BCUT2D eigenvalue weighted by Crippen LogP contribution is -2.52. The minimum atomic E-state index is -4.12. The Kier molecular flexibility index (Phi) is 10.4. The van der Waals surface area contributed by atoms with E-state index in [4.69, 9.17) is 16.3 Å². The van der Waals surface area contributed by atoms with E-state index in [1.807, 2.05) is 13.8 Å². The molecule has 0 aliphatic carbocycles. The van der Waals surface area contributed by atoms with Crippen molar-refractivity contribution < 1.29 is 22.7 Å². The maximum atomic E-state index is 13.9. The summed E-state index contributed by atoms with van der Waals surface area (Å²) < 4.78 is 33.7. The van der Waals surface area contributed by atoms with E-state index in [2.05, 4.69) is 5.32 Å². The number of amides is 2. The third-order valence-corrected chi connectivity index (χ3v) is 8.45. The Morgan fingerprint density at radius 3 is 2.13 bits per heavy atom. The van der Waals surface area contributed by atoms with Crippen LogP contribution in [0.15, 0.2) is 83.8 Å². The van der Waals surface area contributed by atoms with Gasteiger partial charge in [0.2, 0.25) is 11.8 Å². The number of carbonyl (C=O) groups excluding carboxylic acids is 2. The van der Waals surface area contributed by atoms with Crippen LogP contribution in [-0.4, -0.2) is 50.9 Å². The normalized spacial score (nSPS) is 12.7. The van der Waals surface area contributed by atoms with E-state index in [0.717, 1.165) is 16.3 Å². The Morgan fingerprint density at radius 1 is 0.949 bits per heavy atom. The maximum absolute atomic E-state index is 13.9. The van der Waals surface area contributed by atoms with Crippen molar-refractivity contribution in [3.05, 3.63) is 89.4 Å². The molecule has 0 aliphatic heterocycles. The number of ether oxygens (including phenoxy) is 1. The van der Waals surface area contributed by atoms with Gasteiger partial charge in [0.1, 0.15) is 18.3 Å². The van der Waals surface area contributed by atoms with Gasteiger partial charge in [-0.3, -0.25) is 13.9 Å². The Balaban J connectivity index is 2.00. The molecule has 0 fully saturated rings. The van der Waals surface area contributed by atoms with Gasteiger partial charge in [0.05, 0.1) is 17.7 Å². The van der Waals surface area contributed by atoms with Crippen LogP contribution in [0.3, 0.4) is 0 Å². The van der Waals surface area contributed by atoms with E-state index in [-0.39, 0.29) is 29.1 Å². The van der Waals surface area contributed by atoms with Gasteiger partial charge < -0.3 is 15.0 Å². The molecule has 3 aromatic carbocycles. The topological polar surface area (TPSA) is 96.0 Å². The molecule has 10 heteroatoms. The summed E-state index contributed by atoms with van der Waals surface area (Å²) in [6.07, 6.45) is 0.727. The summed E-state index contributed by atoms with van der Waals surface area (Å²) in [6.45, 7) is 5.05. The van der Waals surface area contributed by atoms with Crippen molar-refractivity contribution in [2.75, 3.05) is 18.0 Å². The van der Waals surface area contributed by atoms with Crippen LogP contribution in [0.5, 0.6) is 5.75 Å². The first kappa shape index (κ1) is 30.0. The van der Waals surface area contributed by atoms with E-state index >= 15 is 0 Å². The molecular weight excluding hydrogens is 538 g/mol. The van der Waals surface area contributed by atoms with Gasteiger partial charge in [-0.15, -0.1) is 0 Å². The summed E-state index contributed by atoms with van der Waals surface area (Å²) >= 11 is 6.05. The summed E-state index contributed by atoms with van der Waals surface area (Å²) in [4.78, 5) is 28.4. The Labute approximate surface area is 235 Å². The van der Waals surface area contributed by atoms with Gasteiger partial charge in [0, 0.05) is 17.6 Å². The first-order valence-electron chi connectivity index (χ1n) is 12.6. The summed E-state index contributed by atoms with van der Waals surface area (Å²) in [5.74, 6) is -0.204. The predicted molar refractivity (Wildman–Crippen MR) is 153 cm³/mol. The summed E-state index contributed by atoms with van der Waals surface area (Å²) in [5.41, 5.74) is 1.04. The van der Waals surface area contributed by atoms with Gasteiger partial charge >= 0.3 is 0 Å². The Morgan fingerprint density at radius 2 is 1.56 bits per heavy atom. The lowest BCUT2D eigenvalue weighted by atomic mass is 10.1. The van der Waals surface area contributed by atoms with E-state index in [1.54, 1.807) is 80.8 Å². The van der Waals surface area contributed by atoms with Crippen molar-refractivity contribution in [3.63, 3.8) is 0 Å². The van der Waals surface area contributed by atoms with Gasteiger partial charge in [-0.1, -0.05) is 48.9 Å². The second-order valence-electron chi connectivity index (χ2n) is 9.16. The van der Waals surface area contributed by atoms with Gasteiger partial charge in [-0.25, -0.2) is 8.42 Å². The number of nitrogens with zero attached hydrogens (tertiary/aromatic N) is 2. The smallest absolute Gasteiger partial charge is 0.264 e. The zero-order chi connectivity index (χ0) is 28.6. The van der Waals surface area contributed by atoms with Gasteiger partial charge in [-0.2, -0.15) is 0 Å². The molecule has 39 heavy (non-hydrogen) atoms. The van der Waals surface area contributed by atoms with Crippen LogP contribution >= 0.6 is 11.6 Å². The highest BCUT2D eigenvalue weighted by molar-refractivity contribution is 7.92. The number of halogens is 1. The first-order valence-corrected chi connectivity index (χ1v) is 14.4. The number of methoxy groups -OCH3 is 1. The van der Waals surface area contributed by atoms with E-state index in [1.165, 1.54) is 17.0 Å². The molecule has 0 aromatic heterocycles. The Bertz CT molecular complexity index is 1350. The molecule has 0 radical (unpaired) electrons. The van der Waals surface area contributed by atoms with Crippen LogP contribution in [0, 0.1) is 0 Å². The molecule has 2 atom stereocenters. The number of nitrogens with one attached hydrogen (secondary N) is 1. The monoisotopic (exact) mass is 571 g/mol. The third kappa shape index (κ3) is 7.74. The second kappa shape index (κ2) is 13.5. The third-order valence-electron chi connectivity index (χ3n) is 6.40. The molecule has 0 aliphatic rings. The van der Waals surface area contributed by atoms with Crippen LogP contribution in [0.1, 0.15) is 32.8 Å². The van der Waals surface area contributed by atoms with Crippen LogP contribution in [-0.2, 0) is 26.2 Å².